The average Bonchev–Trinajstić information content (AvgIpc) is 3.31. The number of hydrogen-bond acceptors (Lipinski definition) is 4. The highest BCUT2D eigenvalue weighted by molar-refractivity contribution is 5.46. The molecule has 1 aliphatic carbocycles. The van der Waals surface area contributed by atoms with E-state index in [2.05, 4.69) is 10.4 Å². The van der Waals surface area contributed by atoms with Gasteiger partial charge in [-0.05, 0) is 31.9 Å². The van der Waals surface area contributed by atoms with E-state index in [0.29, 0.717) is 18.3 Å². The van der Waals surface area contributed by atoms with Gasteiger partial charge in [-0.25, -0.2) is 4.68 Å². The zero-order valence-electron chi connectivity index (χ0n) is 12.3. The third-order valence-corrected chi connectivity index (χ3v) is 3.63. The van der Waals surface area contributed by atoms with Crippen molar-refractivity contribution in [2.75, 3.05) is 7.11 Å². The molecule has 1 aliphatic rings. The summed E-state index contributed by atoms with van der Waals surface area (Å²) in [6.45, 7) is 2.39. The number of rotatable bonds is 5. The molecule has 0 unspecified atom stereocenters. The zero-order chi connectivity index (χ0) is 14.8. The van der Waals surface area contributed by atoms with Crippen molar-refractivity contribution in [1.29, 1.82) is 0 Å². The van der Waals surface area contributed by atoms with E-state index in [0.717, 1.165) is 17.1 Å². The highest BCUT2D eigenvalue weighted by Crippen LogP contribution is 2.22. The van der Waals surface area contributed by atoms with Crippen molar-refractivity contribution in [1.82, 2.24) is 15.1 Å². The van der Waals surface area contributed by atoms with Crippen LogP contribution in [0.5, 0.6) is 5.75 Å². The Labute approximate surface area is 123 Å². The van der Waals surface area contributed by atoms with Crippen LogP contribution in [0.3, 0.4) is 0 Å². The molecule has 1 N–H and O–H groups in total. The van der Waals surface area contributed by atoms with Crippen LogP contribution in [0.4, 0.5) is 0 Å². The summed E-state index contributed by atoms with van der Waals surface area (Å²) < 4.78 is 7.15. The Kier molecular flexibility index (Phi) is 3.75. The van der Waals surface area contributed by atoms with Gasteiger partial charge in [0.2, 0.25) is 5.43 Å². The second-order valence-electron chi connectivity index (χ2n) is 5.34. The van der Waals surface area contributed by atoms with Gasteiger partial charge in [-0.2, -0.15) is 5.10 Å². The lowest BCUT2D eigenvalue weighted by Gasteiger charge is -2.14. The molecule has 0 atom stereocenters. The van der Waals surface area contributed by atoms with Crippen LogP contribution < -0.4 is 15.5 Å². The predicted molar refractivity (Wildman–Crippen MR) is 81.0 cm³/mol. The third-order valence-electron chi connectivity index (χ3n) is 3.63. The Hall–Kier alpha value is -2.14. The van der Waals surface area contributed by atoms with E-state index >= 15 is 0 Å². The van der Waals surface area contributed by atoms with E-state index in [-0.39, 0.29) is 5.43 Å². The van der Waals surface area contributed by atoms with Gasteiger partial charge in [0.15, 0.2) is 0 Å². The minimum Gasteiger partial charge on any atom is -0.494 e. The standard InChI is InChI=1S/C16H19N3O2/c1-11-9-15(20)13(10-17-12-7-8-12)18-19(11)14-5-3-4-6-16(14)21-2/h3-6,9,12,17H,7-8,10H2,1-2H3. The molecule has 0 spiro atoms. The Morgan fingerprint density at radius 3 is 2.86 bits per heavy atom. The van der Waals surface area contributed by atoms with E-state index in [9.17, 15) is 4.79 Å². The Balaban J connectivity index is 2.00. The molecule has 0 radical (unpaired) electrons. The van der Waals surface area contributed by atoms with Crippen molar-refractivity contribution in [3.05, 3.63) is 51.9 Å². The summed E-state index contributed by atoms with van der Waals surface area (Å²) in [5.74, 6) is 0.734. The number of hydrogen-bond donors (Lipinski definition) is 1. The van der Waals surface area contributed by atoms with Crippen LogP contribution in [-0.4, -0.2) is 22.9 Å². The maximum absolute atomic E-state index is 12.1. The van der Waals surface area contributed by atoms with Gasteiger partial charge >= 0.3 is 0 Å². The summed E-state index contributed by atoms with van der Waals surface area (Å²) in [4.78, 5) is 12.1. The molecule has 1 fully saturated rings. The third kappa shape index (κ3) is 2.97. The summed E-state index contributed by atoms with van der Waals surface area (Å²) in [5, 5.41) is 7.85. The fourth-order valence-electron chi connectivity index (χ4n) is 2.28. The van der Waals surface area contributed by atoms with E-state index in [1.807, 2.05) is 31.2 Å². The van der Waals surface area contributed by atoms with Crippen LogP contribution in [-0.2, 0) is 6.54 Å². The Morgan fingerprint density at radius 1 is 1.38 bits per heavy atom. The molecule has 1 saturated carbocycles. The van der Waals surface area contributed by atoms with Gasteiger partial charge in [0.25, 0.3) is 0 Å². The van der Waals surface area contributed by atoms with Crippen molar-refractivity contribution in [3.63, 3.8) is 0 Å². The number of benzene rings is 1. The maximum atomic E-state index is 12.1. The minimum atomic E-state index is -0.0215. The van der Waals surface area contributed by atoms with Gasteiger partial charge in [-0.1, -0.05) is 12.1 Å². The molecule has 0 aliphatic heterocycles. The van der Waals surface area contributed by atoms with Gasteiger partial charge in [0.1, 0.15) is 17.1 Å². The largest absolute Gasteiger partial charge is 0.494 e. The average molecular weight is 285 g/mol. The van der Waals surface area contributed by atoms with Crippen molar-refractivity contribution in [2.45, 2.75) is 32.4 Å². The molecule has 3 rings (SSSR count). The van der Waals surface area contributed by atoms with Crippen LogP contribution >= 0.6 is 0 Å². The van der Waals surface area contributed by atoms with Crippen molar-refractivity contribution < 1.29 is 4.74 Å². The molecular weight excluding hydrogens is 266 g/mol. The second-order valence-corrected chi connectivity index (χ2v) is 5.34. The monoisotopic (exact) mass is 285 g/mol. The van der Waals surface area contributed by atoms with E-state index < -0.39 is 0 Å². The lowest BCUT2D eigenvalue weighted by Crippen LogP contribution is -2.25. The number of aryl methyl sites for hydroxylation is 1. The topological polar surface area (TPSA) is 56.1 Å². The number of ether oxygens (including phenoxy) is 1. The number of aromatic nitrogens is 2. The van der Waals surface area contributed by atoms with Crippen LogP contribution in [0.25, 0.3) is 5.69 Å². The fourth-order valence-corrected chi connectivity index (χ4v) is 2.28. The lowest BCUT2D eigenvalue weighted by molar-refractivity contribution is 0.411. The SMILES string of the molecule is COc1ccccc1-n1nc(CNC2CC2)c(=O)cc1C. The first-order chi connectivity index (χ1) is 10.2. The summed E-state index contributed by atoms with van der Waals surface area (Å²) >= 11 is 0. The van der Waals surface area contributed by atoms with E-state index in [1.165, 1.54) is 12.8 Å². The van der Waals surface area contributed by atoms with Gasteiger partial charge in [-0.3, -0.25) is 4.79 Å². The molecular formula is C16H19N3O2. The number of para-hydroxylation sites is 2. The first-order valence-electron chi connectivity index (χ1n) is 7.15. The summed E-state index contributed by atoms with van der Waals surface area (Å²) in [7, 11) is 1.63. The van der Waals surface area contributed by atoms with Gasteiger partial charge < -0.3 is 10.1 Å². The van der Waals surface area contributed by atoms with Crippen molar-refractivity contribution in [3.8, 4) is 11.4 Å². The maximum Gasteiger partial charge on any atom is 0.204 e. The molecule has 0 bridgehead atoms. The van der Waals surface area contributed by atoms with Crippen molar-refractivity contribution in [2.24, 2.45) is 0 Å². The smallest absolute Gasteiger partial charge is 0.204 e. The normalized spacial score (nSPS) is 14.2. The molecule has 5 heteroatoms. The highest BCUT2D eigenvalue weighted by atomic mass is 16.5. The number of nitrogens with zero attached hydrogens (tertiary/aromatic N) is 2. The van der Waals surface area contributed by atoms with Crippen molar-refractivity contribution >= 4 is 0 Å². The molecule has 0 saturated heterocycles. The summed E-state index contributed by atoms with van der Waals surface area (Å²) in [6, 6.07) is 9.84. The van der Waals surface area contributed by atoms with Gasteiger partial charge in [-0.15, -0.1) is 0 Å². The molecule has 2 aromatic rings. The van der Waals surface area contributed by atoms with E-state index in [4.69, 9.17) is 4.74 Å². The minimum absolute atomic E-state index is 0.0215. The Morgan fingerprint density at radius 2 is 2.14 bits per heavy atom. The van der Waals surface area contributed by atoms with Crippen LogP contribution in [0.2, 0.25) is 0 Å². The van der Waals surface area contributed by atoms with Crippen LogP contribution in [0.1, 0.15) is 24.2 Å². The zero-order valence-corrected chi connectivity index (χ0v) is 12.3. The highest BCUT2D eigenvalue weighted by Gasteiger charge is 2.21. The Bertz CT molecular complexity index is 705. The first-order valence-corrected chi connectivity index (χ1v) is 7.15. The summed E-state index contributed by atoms with van der Waals surface area (Å²) in [6.07, 6.45) is 2.37. The predicted octanol–water partition coefficient (Wildman–Crippen LogP) is 1.80. The van der Waals surface area contributed by atoms with E-state index in [1.54, 1.807) is 17.9 Å². The molecule has 21 heavy (non-hydrogen) atoms. The second kappa shape index (κ2) is 5.69. The first kappa shape index (κ1) is 13.8. The summed E-state index contributed by atoms with van der Waals surface area (Å²) in [5.41, 5.74) is 2.15. The number of methoxy groups -OCH3 is 1. The molecule has 1 aromatic carbocycles. The molecule has 1 aromatic heterocycles. The lowest BCUT2D eigenvalue weighted by atomic mass is 10.2. The van der Waals surface area contributed by atoms with Crippen LogP contribution in [0, 0.1) is 6.92 Å². The molecule has 0 amide bonds. The fraction of sp³-hybridized carbons (Fsp3) is 0.375. The molecule has 1 heterocycles. The number of nitrogens with one attached hydrogen (secondary N) is 1. The van der Waals surface area contributed by atoms with Gasteiger partial charge in [0.05, 0.1) is 7.11 Å². The van der Waals surface area contributed by atoms with Crippen LogP contribution in [0.15, 0.2) is 35.1 Å². The molecule has 110 valence electrons. The molecule has 5 nitrogen and oxygen atoms in total. The van der Waals surface area contributed by atoms with Gasteiger partial charge in [0, 0.05) is 24.3 Å². The quantitative estimate of drug-likeness (QED) is 0.910.